The molecule has 0 atom stereocenters. The summed E-state index contributed by atoms with van der Waals surface area (Å²) >= 11 is 0. The van der Waals surface area contributed by atoms with Crippen LogP contribution in [0.2, 0.25) is 0 Å². The van der Waals surface area contributed by atoms with Crippen molar-refractivity contribution in [2.45, 2.75) is 19.8 Å². The summed E-state index contributed by atoms with van der Waals surface area (Å²) in [5.74, 6) is 0.933. The number of hydrogen-bond donors (Lipinski definition) is 1. The molecule has 0 unspecified atom stereocenters. The SMILES string of the molecule is CCCCOc1ccc(C(=O)C=Cc2ccc(O)cc2)cc1. The number of allylic oxidation sites excluding steroid dienone is 1. The van der Waals surface area contributed by atoms with Crippen LogP contribution in [0.15, 0.2) is 54.6 Å². The van der Waals surface area contributed by atoms with Crippen LogP contribution < -0.4 is 4.74 Å². The summed E-state index contributed by atoms with van der Waals surface area (Å²) in [6.07, 6.45) is 5.38. The molecule has 2 aromatic rings. The van der Waals surface area contributed by atoms with Crippen molar-refractivity contribution >= 4 is 11.9 Å². The summed E-state index contributed by atoms with van der Waals surface area (Å²) in [7, 11) is 0. The van der Waals surface area contributed by atoms with Crippen LogP contribution in [0.5, 0.6) is 11.5 Å². The minimum absolute atomic E-state index is 0.0619. The predicted octanol–water partition coefficient (Wildman–Crippen LogP) is 4.47. The molecule has 0 amide bonds. The molecule has 0 fully saturated rings. The highest BCUT2D eigenvalue weighted by atomic mass is 16.5. The van der Waals surface area contributed by atoms with Gasteiger partial charge in [-0.2, -0.15) is 0 Å². The maximum Gasteiger partial charge on any atom is 0.185 e. The van der Waals surface area contributed by atoms with Crippen LogP contribution in [0.3, 0.4) is 0 Å². The Morgan fingerprint density at radius 1 is 1.09 bits per heavy atom. The maximum atomic E-state index is 12.1. The second kappa shape index (κ2) is 8.03. The first-order valence-electron chi connectivity index (χ1n) is 7.43. The number of phenolic OH excluding ortho intramolecular Hbond substituents is 1. The minimum Gasteiger partial charge on any atom is -0.508 e. The summed E-state index contributed by atoms with van der Waals surface area (Å²) in [4.78, 5) is 12.1. The number of carbonyl (C=O) groups is 1. The van der Waals surface area contributed by atoms with Gasteiger partial charge in [-0.3, -0.25) is 4.79 Å². The van der Waals surface area contributed by atoms with Crippen molar-refractivity contribution in [1.82, 2.24) is 0 Å². The molecule has 22 heavy (non-hydrogen) atoms. The van der Waals surface area contributed by atoms with Crippen LogP contribution >= 0.6 is 0 Å². The van der Waals surface area contributed by atoms with E-state index in [0.29, 0.717) is 12.2 Å². The van der Waals surface area contributed by atoms with E-state index in [0.717, 1.165) is 24.2 Å². The molecule has 2 rings (SSSR count). The lowest BCUT2D eigenvalue weighted by molar-refractivity contribution is 0.104. The second-order valence-corrected chi connectivity index (χ2v) is 5.02. The topological polar surface area (TPSA) is 46.5 Å². The Hall–Kier alpha value is -2.55. The van der Waals surface area contributed by atoms with Crippen LogP contribution in [0.1, 0.15) is 35.7 Å². The van der Waals surface area contributed by atoms with Crippen molar-refractivity contribution in [2.75, 3.05) is 6.61 Å². The van der Waals surface area contributed by atoms with Crippen molar-refractivity contribution in [3.05, 3.63) is 65.7 Å². The molecule has 0 radical (unpaired) electrons. The van der Waals surface area contributed by atoms with Gasteiger partial charge in [0.25, 0.3) is 0 Å². The van der Waals surface area contributed by atoms with Gasteiger partial charge in [-0.1, -0.05) is 31.6 Å². The third-order valence-electron chi connectivity index (χ3n) is 3.23. The summed E-state index contributed by atoms with van der Waals surface area (Å²) in [5, 5.41) is 9.21. The third kappa shape index (κ3) is 4.77. The van der Waals surface area contributed by atoms with Gasteiger partial charge in [0, 0.05) is 5.56 Å². The molecule has 0 aliphatic carbocycles. The average Bonchev–Trinajstić information content (AvgIpc) is 2.55. The van der Waals surface area contributed by atoms with Gasteiger partial charge in [-0.05, 0) is 54.5 Å². The number of ketones is 1. The standard InChI is InChI=1S/C19H20O3/c1-2-3-14-22-18-11-7-16(8-12-18)19(21)13-6-15-4-9-17(20)10-5-15/h4-13,20H,2-3,14H2,1H3. The molecule has 3 heteroatoms. The number of phenols is 1. The molecule has 2 aromatic carbocycles. The molecule has 0 bridgehead atoms. The quantitative estimate of drug-likeness (QED) is 0.466. The lowest BCUT2D eigenvalue weighted by Crippen LogP contribution is -1.98. The number of benzene rings is 2. The van der Waals surface area contributed by atoms with Crippen molar-refractivity contribution in [3.8, 4) is 11.5 Å². The predicted molar refractivity (Wildman–Crippen MR) is 88.3 cm³/mol. The first kappa shape index (κ1) is 15.8. The fourth-order valence-electron chi connectivity index (χ4n) is 1.90. The zero-order valence-electron chi connectivity index (χ0n) is 12.7. The molecule has 0 aliphatic heterocycles. The lowest BCUT2D eigenvalue weighted by atomic mass is 10.1. The molecular formula is C19H20O3. The number of aromatic hydroxyl groups is 1. The van der Waals surface area contributed by atoms with Crippen LogP contribution in [0, 0.1) is 0 Å². The van der Waals surface area contributed by atoms with E-state index in [4.69, 9.17) is 4.74 Å². The highest BCUT2D eigenvalue weighted by molar-refractivity contribution is 6.06. The summed E-state index contributed by atoms with van der Waals surface area (Å²) in [6.45, 7) is 2.82. The van der Waals surface area contributed by atoms with E-state index >= 15 is 0 Å². The van der Waals surface area contributed by atoms with E-state index in [1.807, 2.05) is 12.1 Å². The smallest absolute Gasteiger partial charge is 0.185 e. The Balaban J connectivity index is 1.96. The Labute approximate surface area is 130 Å². The first-order chi connectivity index (χ1) is 10.7. The van der Waals surface area contributed by atoms with Gasteiger partial charge in [-0.15, -0.1) is 0 Å². The average molecular weight is 296 g/mol. The fourth-order valence-corrected chi connectivity index (χ4v) is 1.90. The lowest BCUT2D eigenvalue weighted by Gasteiger charge is -2.05. The van der Waals surface area contributed by atoms with Gasteiger partial charge < -0.3 is 9.84 Å². The summed E-state index contributed by atoms with van der Waals surface area (Å²) < 4.78 is 5.57. The summed E-state index contributed by atoms with van der Waals surface area (Å²) in [5.41, 5.74) is 1.49. The zero-order valence-corrected chi connectivity index (χ0v) is 12.7. The number of carbonyl (C=O) groups excluding carboxylic acids is 1. The molecule has 3 nitrogen and oxygen atoms in total. The Morgan fingerprint density at radius 3 is 2.41 bits per heavy atom. The van der Waals surface area contributed by atoms with Crippen LogP contribution in [0.4, 0.5) is 0 Å². The highest BCUT2D eigenvalue weighted by Gasteiger charge is 2.02. The third-order valence-corrected chi connectivity index (χ3v) is 3.23. The molecule has 0 aromatic heterocycles. The molecule has 0 saturated carbocycles. The van der Waals surface area contributed by atoms with Gasteiger partial charge >= 0.3 is 0 Å². The fraction of sp³-hybridized carbons (Fsp3) is 0.211. The zero-order chi connectivity index (χ0) is 15.8. The van der Waals surface area contributed by atoms with Crippen molar-refractivity contribution in [3.63, 3.8) is 0 Å². The number of hydrogen-bond acceptors (Lipinski definition) is 3. The molecule has 0 aliphatic rings. The molecule has 114 valence electrons. The minimum atomic E-state index is -0.0619. The number of ether oxygens (including phenoxy) is 1. The molecule has 0 saturated heterocycles. The molecule has 0 spiro atoms. The normalized spacial score (nSPS) is 10.8. The van der Waals surface area contributed by atoms with E-state index in [1.54, 1.807) is 42.5 Å². The number of rotatable bonds is 7. The van der Waals surface area contributed by atoms with Gasteiger partial charge in [0.1, 0.15) is 11.5 Å². The molecule has 0 heterocycles. The summed E-state index contributed by atoms with van der Waals surface area (Å²) in [6, 6.07) is 13.9. The van der Waals surface area contributed by atoms with Crippen molar-refractivity contribution in [2.24, 2.45) is 0 Å². The van der Waals surface area contributed by atoms with Gasteiger partial charge in [0.05, 0.1) is 6.61 Å². The van der Waals surface area contributed by atoms with Crippen LogP contribution in [-0.4, -0.2) is 17.5 Å². The Morgan fingerprint density at radius 2 is 1.77 bits per heavy atom. The van der Waals surface area contributed by atoms with E-state index in [-0.39, 0.29) is 11.5 Å². The highest BCUT2D eigenvalue weighted by Crippen LogP contribution is 2.15. The first-order valence-corrected chi connectivity index (χ1v) is 7.43. The van der Waals surface area contributed by atoms with E-state index in [1.165, 1.54) is 6.08 Å². The Kier molecular flexibility index (Phi) is 5.78. The maximum absolute atomic E-state index is 12.1. The van der Waals surface area contributed by atoms with E-state index < -0.39 is 0 Å². The van der Waals surface area contributed by atoms with E-state index in [9.17, 15) is 9.90 Å². The Bertz CT molecular complexity index is 625. The van der Waals surface area contributed by atoms with Crippen LogP contribution in [0.25, 0.3) is 6.08 Å². The van der Waals surface area contributed by atoms with E-state index in [2.05, 4.69) is 6.92 Å². The monoisotopic (exact) mass is 296 g/mol. The van der Waals surface area contributed by atoms with Gasteiger partial charge in [0.2, 0.25) is 0 Å². The second-order valence-electron chi connectivity index (χ2n) is 5.02. The van der Waals surface area contributed by atoms with Crippen molar-refractivity contribution < 1.29 is 14.6 Å². The molecular weight excluding hydrogens is 276 g/mol. The van der Waals surface area contributed by atoms with Gasteiger partial charge in [0.15, 0.2) is 5.78 Å². The van der Waals surface area contributed by atoms with Crippen LogP contribution in [-0.2, 0) is 0 Å². The van der Waals surface area contributed by atoms with Crippen molar-refractivity contribution in [1.29, 1.82) is 0 Å². The van der Waals surface area contributed by atoms with Gasteiger partial charge in [-0.25, -0.2) is 0 Å². The largest absolute Gasteiger partial charge is 0.508 e. The number of unbranched alkanes of at least 4 members (excludes halogenated alkanes) is 1. The molecule has 1 N–H and O–H groups in total.